The van der Waals surface area contributed by atoms with Crippen LogP contribution < -0.4 is 10.5 Å². The normalized spacial score (nSPS) is 13.8. The average Bonchev–Trinajstić information content (AvgIpc) is 2.67. The second-order valence-electron chi connectivity index (χ2n) is 4.18. The van der Waals surface area contributed by atoms with Crippen LogP contribution >= 0.6 is 23.1 Å². The molecule has 1 aromatic heterocycles. The fourth-order valence-corrected chi connectivity index (χ4v) is 5.24. The van der Waals surface area contributed by atoms with Gasteiger partial charge in [0.05, 0.1) is 0 Å². The van der Waals surface area contributed by atoms with Crippen molar-refractivity contribution in [3.63, 3.8) is 0 Å². The van der Waals surface area contributed by atoms with Crippen molar-refractivity contribution in [2.24, 2.45) is 5.73 Å². The maximum Gasteiger partial charge on any atom is 0.242 e. The van der Waals surface area contributed by atoms with Crippen LogP contribution in [0, 0.1) is 6.92 Å². The highest BCUT2D eigenvalue weighted by molar-refractivity contribution is 7.98. The molecule has 0 saturated carbocycles. The van der Waals surface area contributed by atoms with Crippen LogP contribution in [0.1, 0.15) is 23.8 Å². The first kappa shape index (κ1) is 16.0. The van der Waals surface area contributed by atoms with Crippen molar-refractivity contribution in [3.05, 3.63) is 15.8 Å². The van der Waals surface area contributed by atoms with Gasteiger partial charge in [0.2, 0.25) is 10.0 Å². The van der Waals surface area contributed by atoms with Crippen LogP contribution in [0.2, 0.25) is 0 Å². The molecule has 0 saturated heterocycles. The Kier molecular flexibility index (Phi) is 6.13. The van der Waals surface area contributed by atoms with E-state index in [1.165, 1.54) is 11.3 Å². The van der Waals surface area contributed by atoms with Gasteiger partial charge in [-0.25, -0.2) is 13.1 Å². The molecule has 1 unspecified atom stereocenters. The maximum atomic E-state index is 12.3. The topological polar surface area (TPSA) is 72.2 Å². The van der Waals surface area contributed by atoms with E-state index >= 15 is 0 Å². The monoisotopic (exact) mass is 308 g/mol. The highest BCUT2D eigenvalue weighted by Crippen LogP contribution is 2.26. The van der Waals surface area contributed by atoms with Crippen molar-refractivity contribution in [2.45, 2.75) is 37.8 Å². The molecule has 0 aliphatic rings. The molecule has 1 atom stereocenters. The number of sulfonamides is 1. The third-order valence-corrected chi connectivity index (χ3v) is 6.27. The van der Waals surface area contributed by atoms with Crippen molar-refractivity contribution in [3.8, 4) is 0 Å². The zero-order valence-electron chi connectivity index (χ0n) is 10.9. The van der Waals surface area contributed by atoms with Gasteiger partial charge in [-0.1, -0.05) is 0 Å². The molecule has 4 nitrogen and oxygen atoms in total. The Morgan fingerprint density at radius 2 is 2.22 bits per heavy atom. The summed E-state index contributed by atoms with van der Waals surface area (Å²) in [6.07, 6.45) is 2.83. The minimum absolute atomic E-state index is 0.0626. The van der Waals surface area contributed by atoms with E-state index in [9.17, 15) is 8.42 Å². The quantitative estimate of drug-likeness (QED) is 0.807. The van der Waals surface area contributed by atoms with Gasteiger partial charge >= 0.3 is 0 Å². The van der Waals surface area contributed by atoms with Gasteiger partial charge in [-0.15, -0.1) is 11.3 Å². The van der Waals surface area contributed by atoms with Crippen LogP contribution in [0.15, 0.2) is 10.3 Å². The predicted molar refractivity (Wildman–Crippen MR) is 79.7 cm³/mol. The molecule has 18 heavy (non-hydrogen) atoms. The molecule has 1 rings (SSSR count). The largest absolute Gasteiger partial charge is 0.326 e. The van der Waals surface area contributed by atoms with E-state index in [1.807, 2.05) is 18.6 Å². The van der Waals surface area contributed by atoms with Gasteiger partial charge in [0.1, 0.15) is 4.90 Å². The maximum absolute atomic E-state index is 12.3. The number of nitrogens with one attached hydrogen (secondary N) is 1. The fourth-order valence-electron chi connectivity index (χ4n) is 1.67. The molecule has 3 N–H and O–H groups in total. The minimum atomic E-state index is -3.45. The molecule has 0 fully saturated rings. The fraction of sp³-hybridized carbons (Fsp3) is 0.636. The minimum Gasteiger partial charge on any atom is -0.326 e. The Bertz CT molecular complexity index is 482. The molecular formula is C11H20N2O2S3. The molecule has 104 valence electrons. The molecule has 0 aliphatic heterocycles. The van der Waals surface area contributed by atoms with Crippen molar-refractivity contribution in [1.82, 2.24) is 4.72 Å². The Labute approximate surface area is 117 Å². The van der Waals surface area contributed by atoms with Crippen LogP contribution in [0.4, 0.5) is 0 Å². The van der Waals surface area contributed by atoms with E-state index in [1.54, 1.807) is 18.7 Å². The average molecular weight is 308 g/mol. The summed E-state index contributed by atoms with van der Waals surface area (Å²) < 4.78 is 27.3. The van der Waals surface area contributed by atoms with Crippen molar-refractivity contribution < 1.29 is 8.42 Å². The molecule has 1 heterocycles. The lowest BCUT2D eigenvalue weighted by Crippen LogP contribution is -2.33. The number of thioether (sulfide) groups is 1. The predicted octanol–water partition coefficient (Wildman–Crippen LogP) is 1.94. The summed E-state index contributed by atoms with van der Waals surface area (Å²) in [6.45, 7) is 3.95. The second-order valence-corrected chi connectivity index (χ2v) is 7.78. The Hall–Kier alpha value is -0.0800. The van der Waals surface area contributed by atoms with Gasteiger partial charge in [-0.05, 0) is 43.2 Å². The van der Waals surface area contributed by atoms with E-state index in [0.717, 1.165) is 22.6 Å². The van der Waals surface area contributed by atoms with Gasteiger partial charge in [0.25, 0.3) is 0 Å². The first-order chi connectivity index (χ1) is 8.42. The number of hydrogen-bond donors (Lipinski definition) is 2. The van der Waals surface area contributed by atoms with Crippen molar-refractivity contribution in [2.75, 3.05) is 12.0 Å². The molecular weight excluding hydrogens is 288 g/mol. The van der Waals surface area contributed by atoms with Crippen molar-refractivity contribution >= 4 is 33.1 Å². The second kappa shape index (κ2) is 6.91. The summed E-state index contributed by atoms with van der Waals surface area (Å²) in [5.74, 6) is 0.941. The summed E-state index contributed by atoms with van der Waals surface area (Å²) in [5.41, 5.74) is 6.36. The number of rotatable bonds is 7. The lowest BCUT2D eigenvalue weighted by Gasteiger charge is -2.14. The lowest BCUT2D eigenvalue weighted by atomic mass is 10.3. The third-order valence-electron chi connectivity index (χ3n) is 2.55. The number of hydrogen-bond acceptors (Lipinski definition) is 5. The third kappa shape index (κ3) is 3.96. The van der Waals surface area contributed by atoms with E-state index in [2.05, 4.69) is 4.72 Å². The lowest BCUT2D eigenvalue weighted by molar-refractivity contribution is 0.556. The van der Waals surface area contributed by atoms with Crippen LogP contribution in [-0.2, 0) is 16.6 Å². The van der Waals surface area contributed by atoms with Gasteiger partial charge in [0, 0.05) is 17.5 Å². The smallest absolute Gasteiger partial charge is 0.242 e. The van der Waals surface area contributed by atoms with E-state index < -0.39 is 10.0 Å². The summed E-state index contributed by atoms with van der Waals surface area (Å²) in [5, 5.41) is 1.84. The SMILES string of the molecule is CSCCC(C)NS(=O)(=O)c1c(C)csc1CN. The molecule has 7 heteroatoms. The molecule has 0 aliphatic carbocycles. The molecule has 1 aromatic rings. The van der Waals surface area contributed by atoms with Gasteiger partial charge in [-0.3, -0.25) is 0 Å². The highest BCUT2D eigenvalue weighted by Gasteiger charge is 2.23. The zero-order valence-corrected chi connectivity index (χ0v) is 13.3. The summed E-state index contributed by atoms with van der Waals surface area (Å²) in [7, 11) is -3.45. The number of aryl methyl sites for hydroxylation is 1. The molecule has 0 bridgehead atoms. The van der Waals surface area contributed by atoms with Crippen LogP contribution in [0.25, 0.3) is 0 Å². The van der Waals surface area contributed by atoms with Crippen LogP contribution in [-0.4, -0.2) is 26.5 Å². The molecule has 0 radical (unpaired) electrons. The molecule has 0 aromatic carbocycles. The Balaban J connectivity index is 2.89. The number of thiophene rings is 1. The first-order valence-corrected chi connectivity index (χ1v) is 9.46. The van der Waals surface area contributed by atoms with Crippen LogP contribution in [0.5, 0.6) is 0 Å². The highest BCUT2D eigenvalue weighted by atomic mass is 32.2. The standard InChI is InChI=1S/C11H20N2O2S3/c1-8-7-17-10(6-12)11(8)18(14,15)13-9(2)4-5-16-3/h7,9,13H,4-6,12H2,1-3H3. The zero-order chi connectivity index (χ0) is 13.8. The van der Waals surface area contributed by atoms with Gasteiger partial charge in [0.15, 0.2) is 0 Å². The summed E-state index contributed by atoms with van der Waals surface area (Å²) >= 11 is 3.11. The Morgan fingerprint density at radius 1 is 1.56 bits per heavy atom. The summed E-state index contributed by atoms with van der Waals surface area (Å²) in [4.78, 5) is 1.09. The van der Waals surface area contributed by atoms with E-state index in [4.69, 9.17) is 5.73 Å². The van der Waals surface area contributed by atoms with E-state index in [0.29, 0.717) is 4.90 Å². The molecule has 0 spiro atoms. The first-order valence-electron chi connectivity index (χ1n) is 5.70. The molecule has 0 amide bonds. The van der Waals surface area contributed by atoms with E-state index in [-0.39, 0.29) is 12.6 Å². The number of nitrogens with two attached hydrogens (primary N) is 1. The van der Waals surface area contributed by atoms with Crippen LogP contribution in [0.3, 0.4) is 0 Å². The van der Waals surface area contributed by atoms with Gasteiger partial charge in [-0.2, -0.15) is 11.8 Å². The van der Waals surface area contributed by atoms with Crippen molar-refractivity contribution in [1.29, 1.82) is 0 Å². The summed E-state index contributed by atoms with van der Waals surface area (Å²) in [6, 6.07) is -0.0626. The van der Waals surface area contributed by atoms with Gasteiger partial charge < -0.3 is 5.73 Å². The Morgan fingerprint density at radius 3 is 2.78 bits per heavy atom.